The Morgan fingerprint density at radius 3 is 1.79 bits per heavy atom. The number of carboxylic acids is 4. The number of H-pyrrole nitrogens is 1. The number of pyridine rings is 1. The molecule has 1 fully saturated rings. The largest absolute Gasteiger partial charge is 0.494 e. The molecule has 0 spiro atoms. The van der Waals surface area contributed by atoms with Crippen LogP contribution in [0.3, 0.4) is 0 Å². The Morgan fingerprint density at radius 1 is 0.711 bits per heavy atom. The number of carbonyl (C=O) groups is 9. The molecule has 0 aliphatic carbocycles. The summed E-state index contributed by atoms with van der Waals surface area (Å²) in [7, 11) is -7.31. The van der Waals surface area contributed by atoms with Crippen LogP contribution in [-0.4, -0.2) is 259 Å². The molecular weight excluding hydrogens is 1230 g/mol. The van der Waals surface area contributed by atoms with E-state index in [0.717, 1.165) is 5.56 Å². The summed E-state index contributed by atoms with van der Waals surface area (Å²) in [5.74, 6) is -9.38. The molecule has 496 valence electrons. The molecule has 5 rings (SSSR count). The zero-order valence-electron chi connectivity index (χ0n) is 49.9. The number of anilines is 1. The van der Waals surface area contributed by atoms with Crippen molar-refractivity contribution in [2.75, 3.05) is 116 Å². The van der Waals surface area contributed by atoms with E-state index in [1.165, 1.54) is 39.1 Å². The van der Waals surface area contributed by atoms with Crippen LogP contribution in [-0.2, 0) is 62.0 Å². The first-order chi connectivity index (χ1) is 42.4. The average Bonchev–Trinajstić information content (AvgIpc) is 0.828. The number of carboxylic acid groups (broad SMARTS) is 4. The predicted octanol–water partition coefficient (Wildman–Crippen LogP) is -2.27. The normalized spacial score (nSPS) is 15.4. The van der Waals surface area contributed by atoms with Crippen LogP contribution in [0.15, 0.2) is 58.6 Å². The van der Waals surface area contributed by atoms with Gasteiger partial charge in [-0.2, -0.15) is 4.72 Å². The molecule has 2 aromatic carbocycles. The summed E-state index contributed by atoms with van der Waals surface area (Å²) < 4.78 is 66.3. The number of imidazole rings is 1. The highest BCUT2D eigenvalue weighted by atomic mass is 32.3. The monoisotopic (exact) mass is 1310 g/mol. The van der Waals surface area contributed by atoms with Gasteiger partial charge in [-0.3, -0.25) is 67.5 Å². The number of nitrogens with zero attached hydrogens (tertiary/aromatic N) is 6. The second-order valence-corrected chi connectivity index (χ2v) is 24.5. The van der Waals surface area contributed by atoms with Gasteiger partial charge < -0.3 is 80.3 Å². The molecule has 5 amide bonds. The van der Waals surface area contributed by atoms with Gasteiger partial charge in [0.1, 0.15) is 29.4 Å². The topological polar surface area (TPSA) is 486 Å². The van der Waals surface area contributed by atoms with Crippen molar-refractivity contribution < 1.29 is 90.4 Å². The molecule has 0 radical (unpaired) electrons. The zero-order chi connectivity index (χ0) is 66.5. The molecule has 1 unspecified atom stereocenters. The lowest BCUT2D eigenvalue weighted by Gasteiger charge is -2.33. The standard InChI is InChI=1S/C54H78N14O20S2/c1-33-22-37(23-34(2)49(33)90(86,87)63-40(53(81)82)26-59-51(79)39-27-64(4)42-24-36(7-8-38(42)48(39)77)25-60-54-57-11-12-58-54)88-21-5-6-43(69)55-9-10-56-52(80)41(32-89(83,84)85)62-50(78)35(3)61-44(70)28-65-13-15-66(29-45(71)72)17-19-68(31-47(75)76)20-18-67(16-14-65)30-46(73)74/h7-8,11-12,22-24,27,35,40-41,63,83-85H,5-6,9-10,13-21,25-26,28-32H2,1-4H3,(H,55,69)(H,56,80)(H,59,79)(H,61,70)(H,62,78)(H,71,72)(H,73,74)(H,75,76)(H,81,82)(H2,57,58,60)/t35-,40-,41?/m0/s1. The Hall–Kier alpha value is -8.33. The van der Waals surface area contributed by atoms with Gasteiger partial charge in [-0.05, 0) is 68.1 Å². The van der Waals surface area contributed by atoms with E-state index < -0.39 is 123 Å². The van der Waals surface area contributed by atoms with E-state index in [9.17, 15) is 90.4 Å². The van der Waals surface area contributed by atoms with Gasteiger partial charge in [-0.1, -0.05) is 6.07 Å². The van der Waals surface area contributed by atoms with Gasteiger partial charge in [0.25, 0.3) is 5.91 Å². The van der Waals surface area contributed by atoms with Crippen molar-refractivity contribution in [1.29, 1.82) is 0 Å². The number of sulfonamides is 1. The molecule has 34 nitrogen and oxygen atoms in total. The summed E-state index contributed by atoms with van der Waals surface area (Å²) in [6.45, 7) is 2.96. The average molecular weight is 1310 g/mol. The molecule has 3 heterocycles. The van der Waals surface area contributed by atoms with Gasteiger partial charge in [0, 0.05) is 116 Å². The van der Waals surface area contributed by atoms with E-state index in [4.69, 9.17) is 4.74 Å². The SMILES string of the molecule is Cc1cc(OCCCC(=O)NCCNC(=O)C(CS(O)(O)O)NC(=O)[C@H](C)NC(=O)CN2CCN(CC(=O)O)CCN(CC(=O)O)CCN(CC(=O)O)CC2)cc(C)c1S(=O)(=O)N[C@@H](CNC(=O)c1cn(C)c2cc(CNc3ncc[nH]3)ccc2c1=O)C(=O)O. The van der Waals surface area contributed by atoms with Crippen molar-refractivity contribution >= 4 is 91.2 Å². The molecule has 3 atom stereocenters. The van der Waals surface area contributed by atoms with Gasteiger partial charge in [-0.15, -0.1) is 0 Å². The first-order valence-electron chi connectivity index (χ1n) is 28.2. The molecule has 2 aromatic heterocycles. The highest BCUT2D eigenvalue weighted by Gasteiger charge is 2.32. The third kappa shape index (κ3) is 23.9. The molecule has 0 saturated carbocycles. The van der Waals surface area contributed by atoms with Crippen molar-refractivity contribution in [1.82, 2.24) is 65.4 Å². The quantitative estimate of drug-likeness (QED) is 0.0229. The fraction of sp³-hybridized carbons (Fsp3) is 0.500. The lowest BCUT2D eigenvalue weighted by molar-refractivity contribution is -0.140. The molecule has 1 aliphatic rings. The van der Waals surface area contributed by atoms with Crippen LogP contribution in [0.1, 0.15) is 46.8 Å². The highest BCUT2D eigenvalue weighted by Crippen LogP contribution is 2.33. The summed E-state index contributed by atoms with van der Waals surface area (Å²) in [5.41, 5.74) is 0.752. The Labute approximate surface area is 518 Å². The van der Waals surface area contributed by atoms with Gasteiger partial charge >= 0.3 is 23.9 Å². The Morgan fingerprint density at radius 2 is 1.27 bits per heavy atom. The zero-order valence-corrected chi connectivity index (χ0v) is 51.6. The lowest BCUT2D eigenvalue weighted by atomic mass is 10.1. The van der Waals surface area contributed by atoms with Crippen molar-refractivity contribution in [2.45, 2.75) is 63.2 Å². The second kappa shape index (κ2) is 34.0. The van der Waals surface area contributed by atoms with E-state index in [1.807, 2.05) is 0 Å². The van der Waals surface area contributed by atoms with Crippen molar-refractivity contribution in [3.63, 3.8) is 0 Å². The maximum Gasteiger partial charge on any atom is 0.323 e. The van der Waals surface area contributed by atoms with Crippen LogP contribution in [0, 0.1) is 13.8 Å². The van der Waals surface area contributed by atoms with Crippen LogP contribution < -0.4 is 46.8 Å². The summed E-state index contributed by atoms with van der Waals surface area (Å²) in [6.07, 6.45) is 4.62. The van der Waals surface area contributed by atoms with Crippen molar-refractivity contribution in [3.8, 4) is 5.75 Å². The fourth-order valence-corrected chi connectivity index (χ4v) is 11.9. The van der Waals surface area contributed by atoms with Gasteiger partial charge in [0.05, 0.1) is 59.8 Å². The van der Waals surface area contributed by atoms with Crippen molar-refractivity contribution in [3.05, 3.63) is 81.4 Å². The first kappa shape index (κ1) is 72.4. The molecule has 1 saturated heterocycles. The Bertz CT molecular complexity index is 3330. The predicted molar refractivity (Wildman–Crippen MR) is 324 cm³/mol. The number of nitrogens with one attached hydrogen (secondary N) is 8. The van der Waals surface area contributed by atoms with Gasteiger partial charge in [0.2, 0.25) is 39.1 Å². The minimum Gasteiger partial charge on any atom is -0.494 e. The fourth-order valence-electron chi connectivity index (χ4n) is 9.55. The number of hydrogen-bond donors (Lipinski definition) is 15. The molecule has 4 aromatic rings. The van der Waals surface area contributed by atoms with Crippen LogP contribution in [0.25, 0.3) is 10.9 Å². The molecule has 1 aliphatic heterocycles. The number of carbonyl (C=O) groups excluding carboxylic acids is 5. The van der Waals surface area contributed by atoms with Gasteiger partial charge in [-0.25, -0.2) is 13.4 Å². The van der Waals surface area contributed by atoms with Crippen LogP contribution in [0.5, 0.6) is 5.75 Å². The number of benzene rings is 2. The summed E-state index contributed by atoms with van der Waals surface area (Å²) in [6, 6.07) is 2.86. The number of amides is 5. The first-order valence-corrected chi connectivity index (χ1v) is 31.3. The summed E-state index contributed by atoms with van der Waals surface area (Å²) in [5, 5.41) is 53.8. The van der Waals surface area contributed by atoms with E-state index in [1.54, 1.807) is 61.8 Å². The maximum atomic E-state index is 13.7. The number of aromatic amines is 1. The number of aryl methyl sites for hydroxylation is 3. The molecule has 0 bridgehead atoms. The summed E-state index contributed by atoms with van der Waals surface area (Å²) in [4.78, 5) is 139. The van der Waals surface area contributed by atoms with E-state index in [2.05, 4.69) is 46.6 Å². The number of aliphatic carboxylic acids is 4. The minimum absolute atomic E-state index is 0.0237. The van der Waals surface area contributed by atoms with Crippen LogP contribution in [0.4, 0.5) is 5.95 Å². The Kier molecular flexibility index (Phi) is 27.4. The molecule has 36 heteroatoms. The maximum absolute atomic E-state index is 13.7. The number of rotatable bonds is 32. The lowest BCUT2D eigenvalue weighted by Crippen LogP contribution is -2.56. The van der Waals surface area contributed by atoms with E-state index >= 15 is 0 Å². The number of fused-ring (bicyclic) bond motifs is 1. The second-order valence-electron chi connectivity index (χ2n) is 21.3. The molecular formula is C54H78N14O20S2. The van der Waals surface area contributed by atoms with E-state index in [-0.39, 0.29) is 131 Å². The number of aromatic nitrogens is 3. The third-order valence-corrected chi connectivity index (χ3v) is 16.5. The van der Waals surface area contributed by atoms with E-state index in [0.29, 0.717) is 18.0 Å². The molecule has 90 heavy (non-hydrogen) atoms. The number of ether oxygens (including phenoxy) is 1. The number of hydrogen-bond acceptors (Lipinski definition) is 22. The molecule has 15 N–H and O–H groups in total. The smallest absolute Gasteiger partial charge is 0.323 e. The highest BCUT2D eigenvalue weighted by molar-refractivity contribution is 8.19. The summed E-state index contributed by atoms with van der Waals surface area (Å²) >= 11 is 0. The van der Waals surface area contributed by atoms with Crippen LogP contribution >= 0.6 is 10.9 Å². The third-order valence-electron chi connectivity index (χ3n) is 14.0. The van der Waals surface area contributed by atoms with Crippen LogP contribution in [0.2, 0.25) is 0 Å². The Balaban J connectivity index is 1.06. The minimum atomic E-state index is -4.55. The van der Waals surface area contributed by atoms with Crippen molar-refractivity contribution in [2.24, 2.45) is 7.05 Å². The van der Waals surface area contributed by atoms with Gasteiger partial charge in [0.15, 0.2) is 5.95 Å².